The Morgan fingerprint density at radius 3 is 1.73 bits per heavy atom. The molecule has 288 valence electrons. The van der Waals surface area contributed by atoms with E-state index < -0.39 is 35.6 Å². The number of methoxy groups -OCH3 is 2. The van der Waals surface area contributed by atoms with Gasteiger partial charge < -0.3 is 51.1 Å². The van der Waals surface area contributed by atoms with Gasteiger partial charge in [0.1, 0.15) is 24.8 Å². The number of carbonyl (C=O) groups is 5. The molecule has 0 radical (unpaired) electrons. The number of hydrogen-bond donors (Lipinski definition) is 6. The molecule has 4 rings (SSSR count). The molecule has 0 saturated carbocycles. The van der Waals surface area contributed by atoms with Crippen LogP contribution in [-0.4, -0.2) is 68.2 Å². The van der Waals surface area contributed by atoms with E-state index in [0.29, 0.717) is 5.69 Å². The first-order valence-electron chi connectivity index (χ1n) is 16.7. The van der Waals surface area contributed by atoms with Gasteiger partial charge in [0.2, 0.25) is 5.91 Å². The van der Waals surface area contributed by atoms with Gasteiger partial charge in [-0.25, -0.2) is 4.79 Å². The van der Waals surface area contributed by atoms with Crippen LogP contribution < -0.4 is 45.9 Å². The number of carboxylic acids is 1. The Kier molecular flexibility index (Phi) is 14.1. The highest BCUT2D eigenvalue weighted by Gasteiger charge is 2.26. The maximum Gasteiger partial charge on any atom is 0.339 e. The van der Waals surface area contributed by atoms with Crippen LogP contribution in [0, 0.1) is 11.3 Å². The number of amides is 4. The molecule has 0 heterocycles. The molecular formula is C40H38N6O10. The van der Waals surface area contributed by atoms with E-state index in [0.717, 1.165) is 0 Å². The van der Waals surface area contributed by atoms with E-state index in [1.54, 1.807) is 0 Å². The summed E-state index contributed by atoms with van der Waals surface area (Å²) in [5.41, 5.74) is 6.88. The lowest BCUT2D eigenvalue weighted by Gasteiger charge is -2.19. The fourth-order valence-electron chi connectivity index (χ4n) is 5.14. The number of anilines is 4. The van der Waals surface area contributed by atoms with E-state index in [-0.39, 0.29) is 81.9 Å². The average molecular weight is 763 g/mol. The number of rotatable bonds is 18. The van der Waals surface area contributed by atoms with Gasteiger partial charge in [0.05, 0.1) is 43.6 Å². The predicted octanol–water partition coefficient (Wildman–Crippen LogP) is 5.27. The van der Waals surface area contributed by atoms with E-state index in [1.807, 2.05) is 6.07 Å². The molecule has 0 spiro atoms. The van der Waals surface area contributed by atoms with Gasteiger partial charge in [-0.2, -0.15) is 5.26 Å². The predicted molar refractivity (Wildman–Crippen MR) is 208 cm³/mol. The summed E-state index contributed by atoms with van der Waals surface area (Å²) in [7, 11) is 2.61. The largest absolute Gasteiger partial charge is 0.491 e. The molecule has 16 nitrogen and oxygen atoms in total. The van der Waals surface area contributed by atoms with Gasteiger partial charge in [0.25, 0.3) is 17.7 Å². The third kappa shape index (κ3) is 9.99. The molecular weight excluding hydrogens is 724 g/mol. The number of nitrogens with zero attached hydrogens (tertiary/aromatic N) is 1. The molecule has 0 unspecified atom stereocenters. The first kappa shape index (κ1) is 41.0. The maximum atomic E-state index is 13.7. The van der Waals surface area contributed by atoms with Crippen molar-refractivity contribution in [1.29, 1.82) is 5.26 Å². The van der Waals surface area contributed by atoms with Crippen LogP contribution in [0.2, 0.25) is 0 Å². The summed E-state index contributed by atoms with van der Waals surface area (Å²) >= 11 is 0. The molecule has 0 saturated heterocycles. The molecule has 7 N–H and O–H groups in total. The van der Waals surface area contributed by atoms with Crippen LogP contribution in [0.5, 0.6) is 23.0 Å². The molecule has 0 aromatic heterocycles. The lowest BCUT2D eigenvalue weighted by atomic mass is 10.1. The van der Waals surface area contributed by atoms with Gasteiger partial charge in [0.15, 0.2) is 23.0 Å². The lowest BCUT2D eigenvalue weighted by Crippen LogP contribution is -2.43. The zero-order chi connectivity index (χ0) is 40.8. The Bertz CT molecular complexity index is 2180. The second-order valence-electron chi connectivity index (χ2n) is 11.5. The second kappa shape index (κ2) is 19.3. The standard InChI is InChI=1S/C40H38N6O10/c1-5-21-55-32-27(38(49)45-30-18-16-28(40(51)52)33(35(30)54-4)56-22-6-2)15-17-29(34(32)53-3)44-36(47)24-9-13-26(14-10-24)43-39(50)31(19-20-41)46-37(48)23-7-11-25(42)12-8-23/h5-18,31H,1-2,19,21-22,42H2,3-4H3,(H,43,50)(H,44,47)(H,45,49)(H,46,48)(H,51,52)/t31-/m0/s1. The van der Waals surface area contributed by atoms with E-state index in [9.17, 15) is 34.3 Å². The van der Waals surface area contributed by atoms with Gasteiger partial charge in [-0.3, -0.25) is 19.2 Å². The fraction of sp³-hybridized carbons (Fsp3) is 0.150. The number of aromatic carboxylic acids is 1. The van der Waals surface area contributed by atoms with Gasteiger partial charge >= 0.3 is 5.97 Å². The quantitative estimate of drug-likeness (QED) is 0.0561. The van der Waals surface area contributed by atoms with Crippen molar-refractivity contribution >= 4 is 52.3 Å². The molecule has 1 atom stereocenters. The summed E-state index contributed by atoms with van der Waals surface area (Å²) in [5, 5.41) is 29.5. The number of hydrogen-bond acceptors (Lipinski definition) is 11. The molecule has 0 fully saturated rings. The zero-order valence-electron chi connectivity index (χ0n) is 30.3. The number of carboxylic acid groups (broad SMARTS) is 1. The minimum Gasteiger partial charge on any atom is -0.491 e. The smallest absolute Gasteiger partial charge is 0.339 e. The van der Waals surface area contributed by atoms with E-state index >= 15 is 0 Å². The second-order valence-corrected chi connectivity index (χ2v) is 11.5. The summed E-state index contributed by atoms with van der Waals surface area (Å²) < 4.78 is 22.4. The Labute approximate surface area is 321 Å². The van der Waals surface area contributed by atoms with Crippen molar-refractivity contribution in [1.82, 2.24) is 5.32 Å². The molecule has 16 heteroatoms. The Hall–Kier alpha value is -7.80. The highest BCUT2D eigenvalue weighted by molar-refractivity contribution is 6.10. The van der Waals surface area contributed by atoms with Crippen LogP contribution in [-0.2, 0) is 4.79 Å². The van der Waals surface area contributed by atoms with E-state index in [2.05, 4.69) is 34.4 Å². The minimum atomic E-state index is -1.27. The number of ether oxygens (including phenoxy) is 4. The summed E-state index contributed by atoms with van der Waals surface area (Å²) in [6.45, 7) is 7.15. The van der Waals surface area contributed by atoms with Gasteiger partial charge in [-0.1, -0.05) is 25.3 Å². The van der Waals surface area contributed by atoms with Crippen molar-refractivity contribution in [2.24, 2.45) is 0 Å². The monoisotopic (exact) mass is 762 g/mol. The SMILES string of the molecule is C=CCOc1c(C(=O)O)ccc(NC(=O)c2ccc(NC(=O)c3ccc(NC(=O)[C@H](CC#N)NC(=O)c4ccc(N)cc4)cc3)c(OC)c2OCC=C)c1OC. The summed E-state index contributed by atoms with van der Waals surface area (Å²) in [6.07, 6.45) is 2.57. The topological polar surface area (TPSA) is 240 Å². The third-order valence-electron chi connectivity index (χ3n) is 7.80. The third-order valence-corrected chi connectivity index (χ3v) is 7.80. The van der Waals surface area contributed by atoms with Crippen molar-refractivity contribution < 1.29 is 48.0 Å². The van der Waals surface area contributed by atoms with Gasteiger partial charge in [-0.05, 0) is 72.8 Å². The molecule has 0 aliphatic heterocycles. The Balaban J connectivity index is 1.53. The van der Waals surface area contributed by atoms with Crippen LogP contribution in [0.1, 0.15) is 47.9 Å². The van der Waals surface area contributed by atoms with Crippen molar-refractivity contribution in [3.8, 4) is 29.1 Å². The van der Waals surface area contributed by atoms with Crippen LogP contribution >= 0.6 is 0 Å². The first-order valence-corrected chi connectivity index (χ1v) is 16.7. The molecule has 4 aromatic rings. The Morgan fingerprint density at radius 1 is 0.714 bits per heavy atom. The maximum absolute atomic E-state index is 13.7. The lowest BCUT2D eigenvalue weighted by molar-refractivity contribution is -0.117. The number of nitrogens with two attached hydrogens (primary N) is 1. The summed E-state index contributed by atoms with van der Waals surface area (Å²) in [6, 6.07) is 18.0. The average Bonchev–Trinajstić information content (AvgIpc) is 3.19. The van der Waals surface area contributed by atoms with Crippen molar-refractivity contribution in [3.05, 3.63) is 120 Å². The molecule has 0 aliphatic carbocycles. The Morgan fingerprint density at radius 2 is 1.21 bits per heavy atom. The number of carbonyl (C=O) groups excluding carboxylic acids is 4. The molecule has 0 bridgehead atoms. The normalized spacial score (nSPS) is 10.7. The van der Waals surface area contributed by atoms with Crippen molar-refractivity contribution in [3.63, 3.8) is 0 Å². The number of nitrogens with one attached hydrogen (secondary N) is 4. The highest BCUT2D eigenvalue weighted by atomic mass is 16.5. The number of nitriles is 1. The van der Waals surface area contributed by atoms with E-state index in [1.165, 1.54) is 99.2 Å². The van der Waals surface area contributed by atoms with Crippen molar-refractivity contribution in [2.75, 3.05) is 49.1 Å². The van der Waals surface area contributed by atoms with E-state index in [4.69, 9.17) is 24.7 Å². The van der Waals surface area contributed by atoms with Crippen LogP contribution in [0.25, 0.3) is 0 Å². The fourth-order valence-corrected chi connectivity index (χ4v) is 5.14. The van der Waals surface area contributed by atoms with Crippen LogP contribution in [0.15, 0.2) is 98.1 Å². The number of benzene rings is 4. The zero-order valence-corrected chi connectivity index (χ0v) is 30.3. The molecule has 0 aliphatic rings. The van der Waals surface area contributed by atoms with Gasteiger partial charge in [0, 0.05) is 22.5 Å². The number of nitrogen functional groups attached to an aromatic ring is 1. The van der Waals surface area contributed by atoms with Crippen molar-refractivity contribution in [2.45, 2.75) is 12.5 Å². The molecule has 56 heavy (non-hydrogen) atoms. The highest BCUT2D eigenvalue weighted by Crippen LogP contribution is 2.42. The molecule has 4 aromatic carbocycles. The van der Waals surface area contributed by atoms with Crippen LogP contribution in [0.4, 0.5) is 22.7 Å². The summed E-state index contributed by atoms with van der Waals surface area (Å²) in [5.74, 6) is -3.96. The molecule has 4 amide bonds. The summed E-state index contributed by atoms with van der Waals surface area (Å²) in [4.78, 5) is 64.5. The first-order chi connectivity index (χ1) is 26.9. The van der Waals surface area contributed by atoms with Crippen LogP contribution in [0.3, 0.4) is 0 Å². The van der Waals surface area contributed by atoms with Gasteiger partial charge in [-0.15, -0.1) is 0 Å². The minimum absolute atomic E-state index is 0.00415.